The summed E-state index contributed by atoms with van der Waals surface area (Å²) in [4.78, 5) is 4.84. The van der Waals surface area contributed by atoms with Gasteiger partial charge in [0.25, 0.3) is 0 Å². The third-order valence-corrected chi connectivity index (χ3v) is 1.55. The Kier molecular flexibility index (Phi) is 11.6. The second-order valence-corrected chi connectivity index (χ2v) is 2.67. The van der Waals surface area contributed by atoms with Crippen molar-refractivity contribution in [2.75, 3.05) is 19.0 Å². The summed E-state index contributed by atoms with van der Waals surface area (Å²) in [6, 6.07) is 4.56. The molecule has 0 bridgehead atoms. The predicted octanol–water partition coefficient (Wildman–Crippen LogP) is -0.634. The number of phenolic OH excluding ortho intramolecular Hbond substituents is 1. The zero-order valence-electron chi connectivity index (χ0n) is 8.51. The summed E-state index contributed by atoms with van der Waals surface area (Å²) in [6.07, 6.45) is 0. The largest absolute Gasteiger partial charge is 1.00 e. The van der Waals surface area contributed by atoms with Gasteiger partial charge in [-0.05, 0) is 6.07 Å². The number of nitrogens with zero attached hydrogens (tertiary/aromatic N) is 3. The van der Waals surface area contributed by atoms with Gasteiger partial charge in [-0.1, -0.05) is 0 Å². The fourth-order valence-corrected chi connectivity index (χ4v) is 0.955. The molecule has 0 amide bonds. The smallest absolute Gasteiger partial charge is 0.408 e. The molecular weight excluding hydrogens is 290 g/mol. The van der Waals surface area contributed by atoms with Gasteiger partial charge in [-0.25, -0.2) is 0 Å². The summed E-state index contributed by atoms with van der Waals surface area (Å²) >= 11 is 0. The molecule has 1 rings (SSSR count). The van der Waals surface area contributed by atoms with E-state index in [4.69, 9.17) is 10.5 Å². The zero-order chi connectivity index (χ0) is 9.14. The Morgan fingerprint density at radius 2 is 1.87 bits per heavy atom. The Hall–Kier alpha value is -0.557. The molecule has 80 valence electrons. The number of aromatic hydroxyl groups is 1. The normalized spacial score (nSPS) is 7.27. The maximum Gasteiger partial charge on any atom is 0.408 e. The summed E-state index contributed by atoms with van der Waals surface area (Å²) in [7, 11) is 3.62. The van der Waals surface area contributed by atoms with Crippen LogP contribution in [0.2, 0.25) is 0 Å². The molecule has 0 aliphatic carbocycles. The van der Waals surface area contributed by atoms with Crippen LogP contribution in [0.5, 0.6) is 5.75 Å². The second kappa shape index (κ2) is 8.73. The third-order valence-electron chi connectivity index (χ3n) is 1.55. The number of phenols is 1. The van der Waals surface area contributed by atoms with Gasteiger partial charge in [-0.2, -0.15) is 0 Å². The first-order valence-corrected chi connectivity index (χ1v) is 3.50. The molecule has 0 saturated heterocycles. The van der Waals surface area contributed by atoms with Crippen LogP contribution >= 0.6 is 12.4 Å². The van der Waals surface area contributed by atoms with E-state index in [-0.39, 0.29) is 50.0 Å². The van der Waals surface area contributed by atoms with Crippen molar-refractivity contribution in [2.45, 2.75) is 0 Å². The number of hydrogen-bond donors (Lipinski definition) is 1. The number of hydrogen-bond acceptors (Lipinski definition) is 3. The Labute approximate surface area is 114 Å². The monoisotopic (exact) mass is 299 g/mol. The van der Waals surface area contributed by atoms with E-state index >= 15 is 0 Å². The SMILES string of the molecule is CN(C)c1cc(O)ccc1[N+]#N.Cl.[Cl-].[Zn]. The molecule has 0 atom stereocenters. The van der Waals surface area contributed by atoms with Crippen LogP contribution in [0.3, 0.4) is 0 Å². The molecule has 0 fully saturated rings. The van der Waals surface area contributed by atoms with Crippen LogP contribution in [0, 0.1) is 5.39 Å². The van der Waals surface area contributed by atoms with Crippen molar-refractivity contribution in [3.8, 4) is 5.75 Å². The van der Waals surface area contributed by atoms with E-state index in [1.165, 1.54) is 12.1 Å². The maximum absolute atomic E-state index is 9.13. The first-order valence-electron chi connectivity index (χ1n) is 3.50. The zero-order valence-corrected chi connectivity index (χ0v) is 13.1. The number of halogens is 2. The molecule has 0 aliphatic heterocycles. The van der Waals surface area contributed by atoms with Crippen LogP contribution < -0.4 is 17.3 Å². The van der Waals surface area contributed by atoms with E-state index in [1.54, 1.807) is 11.0 Å². The van der Waals surface area contributed by atoms with Crippen LogP contribution in [0.4, 0.5) is 11.4 Å². The summed E-state index contributed by atoms with van der Waals surface area (Å²) < 4.78 is 0. The van der Waals surface area contributed by atoms with E-state index in [0.717, 1.165) is 0 Å². The van der Waals surface area contributed by atoms with Gasteiger partial charge in [0.2, 0.25) is 5.39 Å². The summed E-state index contributed by atoms with van der Waals surface area (Å²) in [5.41, 5.74) is 1.12. The average molecular weight is 301 g/mol. The fourth-order valence-electron chi connectivity index (χ4n) is 0.955. The van der Waals surface area contributed by atoms with Gasteiger partial charge in [0, 0.05) is 45.7 Å². The molecule has 0 heterocycles. The number of benzene rings is 1. The molecule has 0 aliphatic rings. The first kappa shape index (κ1) is 19.9. The van der Waals surface area contributed by atoms with Crippen molar-refractivity contribution >= 4 is 23.8 Å². The summed E-state index contributed by atoms with van der Waals surface area (Å²) in [5.74, 6) is 0.158. The van der Waals surface area contributed by atoms with Gasteiger partial charge in [-0.3, -0.25) is 0 Å². The van der Waals surface area contributed by atoms with Gasteiger partial charge in [-0.15, -0.1) is 12.4 Å². The Balaban J connectivity index is -0.000000480. The van der Waals surface area contributed by atoms with Crippen LogP contribution in [-0.4, -0.2) is 19.2 Å². The second-order valence-electron chi connectivity index (χ2n) is 2.67. The first-order chi connectivity index (χ1) is 5.65. The van der Waals surface area contributed by atoms with Gasteiger partial charge in [0.05, 0.1) is 0 Å². The topological polar surface area (TPSA) is 51.6 Å². The molecule has 1 aromatic carbocycles. The molecule has 7 heteroatoms. The summed E-state index contributed by atoms with van der Waals surface area (Å²) in [5, 5.41) is 17.7. The van der Waals surface area contributed by atoms with Crippen LogP contribution in [0.25, 0.3) is 4.98 Å². The maximum atomic E-state index is 9.13. The molecule has 0 saturated carbocycles. The minimum Gasteiger partial charge on any atom is -1.00 e. The molecular formula is C8H11Cl2N3OZn. The quantitative estimate of drug-likeness (QED) is 0.555. The number of anilines is 1. The Morgan fingerprint density at radius 1 is 1.33 bits per heavy atom. The minimum absolute atomic E-state index is 0. The van der Waals surface area contributed by atoms with E-state index in [0.29, 0.717) is 11.4 Å². The average Bonchev–Trinajstić information content (AvgIpc) is 2.04. The number of rotatable bonds is 1. The van der Waals surface area contributed by atoms with Crippen molar-refractivity contribution in [1.29, 1.82) is 5.39 Å². The van der Waals surface area contributed by atoms with Crippen molar-refractivity contribution in [3.05, 3.63) is 23.2 Å². The van der Waals surface area contributed by atoms with E-state index in [2.05, 4.69) is 4.98 Å². The van der Waals surface area contributed by atoms with Gasteiger partial charge < -0.3 is 22.4 Å². The Bertz CT molecular complexity index is 341. The molecule has 15 heavy (non-hydrogen) atoms. The molecule has 0 aromatic heterocycles. The van der Waals surface area contributed by atoms with Crippen molar-refractivity contribution in [1.82, 2.24) is 0 Å². The molecule has 0 spiro atoms. The van der Waals surface area contributed by atoms with Gasteiger partial charge in [0.15, 0.2) is 4.98 Å². The van der Waals surface area contributed by atoms with Gasteiger partial charge in [0.1, 0.15) is 11.4 Å². The van der Waals surface area contributed by atoms with Crippen LogP contribution in [0.15, 0.2) is 18.2 Å². The van der Waals surface area contributed by atoms with E-state index < -0.39 is 0 Å². The van der Waals surface area contributed by atoms with Crippen molar-refractivity contribution in [3.63, 3.8) is 0 Å². The summed E-state index contributed by atoms with van der Waals surface area (Å²) in [6.45, 7) is 0. The minimum atomic E-state index is 0. The van der Waals surface area contributed by atoms with Crippen molar-refractivity contribution in [2.24, 2.45) is 0 Å². The third kappa shape index (κ3) is 5.18. The van der Waals surface area contributed by atoms with Crippen molar-refractivity contribution < 1.29 is 37.0 Å². The molecule has 1 aromatic rings. The van der Waals surface area contributed by atoms with Crippen LogP contribution in [0.1, 0.15) is 0 Å². The fraction of sp³-hybridized carbons (Fsp3) is 0.250. The Morgan fingerprint density at radius 3 is 2.27 bits per heavy atom. The van der Waals surface area contributed by atoms with Crippen LogP contribution in [-0.2, 0) is 19.5 Å². The molecule has 1 N–H and O–H groups in total. The van der Waals surface area contributed by atoms with Gasteiger partial charge >= 0.3 is 5.69 Å². The molecule has 0 radical (unpaired) electrons. The standard InChI is InChI=1S/C8H9N3O.2ClH.Zn/c1-11(2)8-5-6(12)3-4-7(8)10-9;;;/h3-5H,1-2H3;2*1H;. The van der Waals surface area contributed by atoms with E-state index in [1.807, 2.05) is 14.1 Å². The number of diazo groups is 1. The predicted molar refractivity (Wildman–Crippen MR) is 54.4 cm³/mol. The molecule has 0 unspecified atom stereocenters. The molecule has 4 nitrogen and oxygen atoms in total. The van der Waals surface area contributed by atoms with E-state index in [9.17, 15) is 0 Å².